The Morgan fingerprint density at radius 3 is 3.00 bits per heavy atom. The van der Waals surface area contributed by atoms with Crippen molar-refractivity contribution < 1.29 is 14.3 Å². The van der Waals surface area contributed by atoms with Gasteiger partial charge in [0, 0.05) is 5.56 Å². The fraction of sp³-hybridized carbons (Fsp3) is 0.375. The average Bonchev–Trinajstić information content (AvgIpc) is 2.95. The van der Waals surface area contributed by atoms with Crippen LogP contribution in [0.25, 0.3) is 0 Å². The lowest BCUT2D eigenvalue weighted by Gasteiger charge is -2.34. The average molecular weight is 271 g/mol. The minimum Gasteiger partial charge on any atom is -0.467 e. The number of rotatable bonds is 3. The predicted octanol–water partition coefficient (Wildman–Crippen LogP) is 2.25. The summed E-state index contributed by atoms with van der Waals surface area (Å²) >= 11 is 0. The van der Waals surface area contributed by atoms with Crippen LogP contribution in [0.1, 0.15) is 35.2 Å². The quantitative estimate of drug-likeness (QED) is 0.625. The molecule has 1 saturated heterocycles. The highest BCUT2D eigenvalue weighted by molar-refractivity contribution is 6.02. The van der Waals surface area contributed by atoms with E-state index in [2.05, 4.69) is 6.58 Å². The van der Waals surface area contributed by atoms with Crippen molar-refractivity contribution in [3.8, 4) is 0 Å². The number of nitrogens with zero attached hydrogens (tertiary/aromatic N) is 1. The highest BCUT2D eigenvalue weighted by atomic mass is 16.5. The van der Waals surface area contributed by atoms with Gasteiger partial charge in [-0.05, 0) is 30.9 Å². The number of amides is 1. The molecule has 2 atom stereocenters. The van der Waals surface area contributed by atoms with Crippen LogP contribution < -0.4 is 0 Å². The molecule has 0 bridgehead atoms. The lowest BCUT2D eigenvalue weighted by atomic mass is 9.85. The monoisotopic (exact) mass is 271 g/mol. The Bertz CT molecular complexity index is 595. The van der Waals surface area contributed by atoms with Gasteiger partial charge in [0.05, 0.1) is 12.6 Å². The maximum Gasteiger partial charge on any atom is 0.328 e. The Kier molecular flexibility index (Phi) is 2.89. The molecular formula is C16H17NO3. The summed E-state index contributed by atoms with van der Waals surface area (Å²) in [6, 6.07) is 7.12. The second-order valence-electron chi connectivity index (χ2n) is 5.32. The fourth-order valence-electron chi connectivity index (χ4n) is 3.64. The number of esters is 1. The van der Waals surface area contributed by atoms with Crippen LogP contribution in [0.2, 0.25) is 0 Å². The molecule has 2 aliphatic rings. The SMILES string of the molecule is C=CC[C@@]12CC[C@@H](C(=O)OC)N1C(=O)c1ccccc12. The van der Waals surface area contributed by atoms with Crippen LogP contribution in [-0.4, -0.2) is 29.9 Å². The van der Waals surface area contributed by atoms with E-state index in [-0.39, 0.29) is 11.9 Å². The lowest BCUT2D eigenvalue weighted by molar-refractivity contribution is -0.146. The fourth-order valence-corrected chi connectivity index (χ4v) is 3.64. The van der Waals surface area contributed by atoms with Gasteiger partial charge in [-0.25, -0.2) is 4.79 Å². The zero-order valence-electron chi connectivity index (χ0n) is 11.5. The van der Waals surface area contributed by atoms with Gasteiger partial charge in [0.2, 0.25) is 0 Å². The molecule has 1 aromatic rings. The lowest BCUT2D eigenvalue weighted by Crippen LogP contribution is -2.46. The number of carbonyl (C=O) groups is 2. The van der Waals surface area contributed by atoms with Gasteiger partial charge in [-0.3, -0.25) is 4.79 Å². The Hall–Kier alpha value is -2.10. The normalized spacial score (nSPS) is 27.1. The third kappa shape index (κ3) is 1.48. The van der Waals surface area contributed by atoms with Crippen LogP contribution in [0.15, 0.2) is 36.9 Å². The van der Waals surface area contributed by atoms with E-state index in [1.165, 1.54) is 7.11 Å². The van der Waals surface area contributed by atoms with E-state index >= 15 is 0 Å². The number of ether oxygens (including phenoxy) is 1. The van der Waals surface area contributed by atoms with Crippen molar-refractivity contribution in [2.75, 3.05) is 7.11 Å². The molecule has 4 heteroatoms. The first-order valence-electron chi connectivity index (χ1n) is 6.77. The maximum absolute atomic E-state index is 12.7. The van der Waals surface area contributed by atoms with Gasteiger partial charge in [-0.1, -0.05) is 24.3 Å². The number of benzene rings is 1. The molecular weight excluding hydrogens is 254 g/mol. The second kappa shape index (κ2) is 4.47. The zero-order chi connectivity index (χ0) is 14.3. The summed E-state index contributed by atoms with van der Waals surface area (Å²) < 4.78 is 4.85. The Balaban J connectivity index is 2.14. The van der Waals surface area contributed by atoms with E-state index in [0.29, 0.717) is 18.4 Å². The number of methoxy groups -OCH3 is 1. The minimum absolute atomic E-state index is 0.0737. The summed E-state index contributed by atoms with van der Waals surface area (Å²) in [5.74, 6) is -0.410. The Labute approximate surface area is 118 Å². The molecule has 1 amide bonds. The number of carbonyl (C=O) groups excluding carboxylic acids is 2. The van der Waals surface area contributed by atoms with Gasteiger partial charge in [0.25, 0.3) is 5.91 Å². The predicted molar refractivity (Wildman–Crippen MR) is 74.1 cm³/mol. The molecule has 104 valence electrons. The summed E-state index contributed by atoms with van der Waals surface area (Å²) in [5.41, 5.74) is 1.29. The molecule has 0 aromatic heterocycles. The molecule has 2 aliphatic heterocycles. The molecule has 0 N–H and O–H groups in total. The van der Waals surface area contributed by atoms with Crippen LogP contribution in [0.4, 0.5) is 0 Å². The summed E-state index contributed by atoms with van der Waals surface area (Å²) in [7, 11) is 1.36. The highest BCUT2D eigenvalue weighted by Crippen LogP contribution is 2.51. The number of hydrogen-bond acceptors (Lipinski definition) is 3. The van der Waals surface area contributed by atoms with E-state index < -0.39 is 11.6 Å². The smallest absolute Gasteiger partial charge is 0.328 e. The summed E-state index contributed by atoms with van der Waals surface area (Å²) in [5, 5.41) is 0. The first kappa shape index (κ1) is 12.9. The van der Waals surface area contributed by atoms with Crippen molar-refractivity contribution in [1.82, 2.24) is 4.90 Å². The molecule has 20 heavy (non-hydrogen) atoms. The zero-order valence-corrected chi connectivity index (χ0v) is 11.5. The first-order valence-corrected chi connectivity index (χ1v) is 6.77. The van der Waals surface area contributed by atoms with E-state index in [9.17, 15) is 9.59 Å². The van der Waals surface area contributed by atoms with Crippen molar-refractivity contribution >= 4 is 11.9 Å². The highest BCUT2D eigenvalue weighted by Gasteiger charge is 2.57. The molecule has 1 fully saturated rings. The molecule has 3 rings (SSSR count). The topological polar surface area (TPSA) is 46.6 Å². The first-order chi connectivity index (χ1) is 9.65. The Morgan fingerprint density at radius 2 is 2.30 bits per heavy atom. The van der Waals surface area contributed by atoms with Crippen molar-refractivity contribution in [1.29, 1.82) is 0 Å². The van der Waals surface area contributed by atoms with Crippen LogP contribution >= 0.6 is 0 Å². The Morgan fingerprint density at radius 1 is 1.55 bits per heavy atom. The molecule has 0 aliphatic carbocycles. The standard InChI is InChI=1S/C16H17NO3/c1-3-9-16-10-8-13(15(19)20-2)17(16)14(18)11-6-4-5-7-12(11)16/h3-7,13H,1,8-10H2,2H3/t13-,16-/m0/s1. The largest absolute Gasteiger partial charge is 0.467 e. The van der Waals surface area contributed by atoms with Crippen LogP contribution in [-0.2, 0) is 15.1 Å². The van der Waals surface area contributed by atoms with E-state index in [0.717, 1.165) is 12.0 Å². The van der Waals surface area contributed by atoms with Gasteiger partial charge in [-0.15, -0.1) is 6.58 Å². The third-order valence-corrected chi connectivity index (χ3v) is 4.44. The molecule has 0 spiro atoms. The van der Waals surface area contributed by atoms with Crippen molar-refractivity contribution in [3.05, 3.63) is 48.0 Å². The van der Waals surface area contributed by atoms with Crippen LogP contribution in [0.5, 0.6) is 0 Å². The third-order valence-electron chi connectivity index (χ3n) is 4.44. The van der Waals surface area contributed by atoms with Gasteiger partial charge in [0.15, 0.2) is 0 Å². The molecule has 4 nitrogen and oxygen atoms in total. The maximum atomic E-state index is 12.7. The van der Waals surface area contributed by atoms with Crippen LogP contribution in [0.3, 0.4) is 0 Å². The molecule has 0 saturated carbocycles. The van der Waals surface area contributed by atoms with Crippen LogP contribution in [0, 0.1) is 0 Å². The van der Waals surface area contributed by atoms with Crippen molar-refractivity contribution in [3.63, 3.8) is 0 Å². The van der Waals surface area contributed by atoms with Gasteiger partial charge < -0.3 is 9.64 Å². The van der Waals surface area contributed by atoms with Gasteiger partial charge >= 0.3 is 5.97 Å². The molecule has 0 unspecified atom stereocenters. The van der Waals surface area contributed by atoms with E-state index in [1.807, 2.05) is 30.3 Å². The van der Waals surface area contributed by atoms with Crippen molar-refractivity contribution in [2.24, 2.45) is 0 Å². The summed E-state index contributed by atoms with van der Waals surface area (Å²) in [6.45, 7) is 3.81. The van der Waals surface area contributed by atoms with Crippen molar-refractivity contribution in [2.45, 2.75) is 30.8 Å². The molecule has 0 radical (unpaired) electrons. The summed E-state index contributed by atoms with van der Waals surface area (Å²) in [6.07, 6.45) is 3.88. The molecule has 2 heterocycles. The molecule has 1 aromatic carbocycles. The van der Waals surface area contributed by atoms with E-state index in [1.54, 1.807) is 4.90 Å². The number of hydrogen-bond donors (Lipinski definition) is 0. The minimum atomic E-state index is -0.486. The van der Waals surface area contributed by atoms with E-state index in [4.69, 9.17) is 4.74 Å². The number of fused-ring (bicyclic) bond motifs is 3. The summed E-state index contributed by atoms with van der Waals surface area (Å²) in [4.78, 5) is 26.3. The second-order valence-corrected chi connectivity index (χ2v) is 5.32. The van der Waals surface area contributed by atoms with Gasteiger partial charge in [-0.2, -0.15) is 0 Å². The van der Waals surface area contributed by atoms with Gasteiger partial charge in [0.1, 0.15) is 6.04 Å².